The predicted molar refractivity (Wildman–Crippen MR) is 207 cm³/mol. The number of ether oxygens (including phenoxy) is 5. The number of esters is 1. The van der Waals surface area contributed by atoms with Crippen LogP contribution in [0.1, 0.15) is 70.7 Å². The van der Waals surface area contributed by atoms with Crippen LogP contribution in [0.4, 0.5) is 0 Å². The Morgan fingerprint density at radius 1 is 0.745 bits per heavy atom. The van der Waals surface area contributed by atoms with Crippen molar-refractivity contribution in [1.29, 1.82) is 0 Å². The fraction of sp³-hybridized carbons (Fsp3) is 0.381. The lowest BCUT2D eigenvalue weighted by Crippen LogP contribution is -2.41. The molecular weight excluding hydrogens is 699 g/mol. The minimum absolute atomic E-state index is 0.324. The Hall–Kier alpha value is -5.40. The van der Waals surface area contributed by atoms with E-state index in [2.05, 4.69) is 15.1 Å². The van der Waals surface area contributed by atoms with Crippen molar-refractivity contribution in [2.24, 2.45) is 11.8 Å². The molecular formula is C42H47BN4O8. The van der Waals surface area contributed by atoms with Crippen LogP contribution < -0.4 is 24.4 Å². The van der Waals surface area contributed by atoms with Crippen LogP contribution in [0, 0.1) is 11.8 Å². The molecule has 0 unspecified atom stereocenters. The normalized spacial score (nSPS) is 16.8. The van der Waals surface area contributed by atoms with E-state index < -0.39 is 13.1 Å². The van der Waals surface area contributed by atoms with Gasteiger partial charge in [-0.2, -0.15) is 5.10 Å². The Morgan fingerprint density at radius 3 is 1.78 bits per heavy atom. The molecule has 1 aliphatic heterocycles. The number of hydrogen-bond donors (Lipinski definition) is 0. The molecule has 12 nitrogen and oxygen atoms in total. The highest BCUT2D eigenvalue weighted by Gasteiger charge is 2.51. The summed E-state index contributed by atoms with van der Waals surface area (Å²) in [4.78, 5) is 20.5. The number of pyridine rings is 2. The first kappa shape index (κ1) is 37.9. The molecule has 3 aromatic heterocycles. The van der Waals surface area contributed by atoms with Gasteiger partial charge in [0, 0.05) is 42.1 Å². The van der Waals surface area contributed by atoms with Crippen LogP contribution >= 0.6 is 0 Å². The molecule has 0 spiro atoms. The second-order valence-electron chi connectivity index (χ2n) is 14.9. The van der Waals surface area contributed by atoms with Crippen LogP contribution in [0.5, 0.6) is 34.8 Å². The Morgan fingerprint density at radius 2 is 1.29 bits per heavy atom. The molecule has 0 atom stereocenters. The summed E-state index contributed by atoms with van der Waals surface area (Å²) in [5.41, 5.74) is 1.25. The molecule has 2 saturated carbocycles. The lowest BCUT2D eigenvalue weighted by molar-refractivity contribution is 0.00578. The number of aromatic nitrogens is 4. The summed E-state index contributed by atoms with van der Waals surface area (Å²) in [6.45, 7) is 11.8. The van der Waals surface area contributed by atoms with Crippen LogP contribution in [0.3, 0.4) is 0 Å². The third-order valence-corrected chi connectivity index (χ3v) is 9.78. The van der Waals surface area contributed by atoms with Gasteiger partial charge in [0.05, 0.1) is 54.7 Å². The van der Waals surface area contributed by atoms with Gasteiger partial charge in [0.25, 0.3) is 0 Å². The van der Waals surface area contributed by atoms with Crippen LogP contribution in [0.25, 0.3) is 5.69 Å². The summed E-state index contributed by atoms with van der Waals surface area (Å²) in [5, 5.41) is 4.17. The molecule has 1 saturated heterocycles. The van der Waals surface area contributed by atoms with E-state index in [0.29, 0.717) is 47.0 Å². The standard InChI is InChI=1S/C21H26BNO4.C21H21N3O4/c1-20(2)21(3,4)27-22(26-20)16-10-11-19(23-13-16)25-18-7-5-6-17(12-18)24-14-15-8-9-15;1-2-26-21(25)16-11-23-24(13-16)17-8-9-20(22-12-17)28-19-5-3-4-18(10-19)27-14-15-6-7-15/h5-7,10-13,15H,8-9,14H2,1-4H3;3-5,8-13,15H,2,6-7,14H2,1H3. The zero-order valence-electron chi connectivity index (χ0n) is 32.0. The summed E-state index contributed by atoms with van der Waals surface area (Å²) in [6.07, 6.45) is 11.5. The Bertz CT molecular complexity index is 2030. The van der Waals surface area contributed by atoms with E-state index in [4.69, 9.17) is 33.0 Å². The minimum Gasteiger partial charge on any atom is -0.493 e. The summed E-state index contributed by atoms with van der Waals surface area (Å²) in [7, 11) is -0.421. The third kappa shape index (κ3) is 10.2. The van der Waals surface area contributed by atoms with E-state index in [0.717, 1.165) is 36.1 Å². The predicted octanol–water partition coefficient (Wildman–Crippen LogP) is 7.99. The molecule has 4 heterocycles. The molecule has 3 fully saturated rings. The molecule has 13 heteroatoms. The first-order valence-electron chi connectivity index (χ1n) is 18.8. The average Bonchev–Trinajstić information content (AvgIpc) is 4.11. The first-order chi connectivity index (χ1) is 26.5. The number of carbonyl (C=O) groups excluding carboxylic acids is 1. The van der Waals surface area contributed by atoms with Crippen molar-refractivity contribution in [3.05, 3.63) is 103 Å². The monoisotopic (exact) mass is 746 g/mol. The van der Waals surface area contributed by atoms with Gasteiger partial charge in [-0.3, -0.25) is 0 Å². The summed E-state index contributed by atoms with van der Waals surface area (Å²) >= 11 is 0. The fourth-order valence-electron chi connectivity index (χ4n) is 5.42. The van der Waals surface area contributed by atoms with E-state index in [1.807, 2.05) is 94.4 Å². The SMILES string of the molecule is CC1(C)OB(c2ccc(Oc3cccc(OCC4CC4)c3)nc2)OC1(C)C.CCOC(=O)c1cnn(-c2ccc(Oc3cccc(OCC4CC4)c3)nc2)c1. The van der Waals surface area contributed by atoms with E-state index in [1.165, 1.54) is 31.9 Å². The molecule has 8 rings (SSSR count). The molecule has 3 aliphatic rings. The largest absolute Gasteiger partial charge is 0.496 e. The van der Waals surface area contributed by atoms with Gasteiger partial charge in [-0.05, 0) is 102 Å². The summed E-state index contributed by atoms with van der Waals surface area (Å²) in [5.74, 6) is 5.00. The Labute approximate surface area is 322 Å². The van der Waals surface area contributed by atoms with Gasteiger partial charge in [0.1, 0.15) is 23.0 Å². The van der Waals surface area contributed by atoms with Gasteiger partial charge in [0.2, 0.25) is 11.8 Å². The highest BCUT2D eigenvalue weighted by molar-refractivity contribution is 6.62. The number of benzene rings is 2. The maximum absolute atomic E-state index is 11.7. The highest BCUT2D eigenvalue weighted by Crippen LogP contribution is 2.37. The topological polar surface area (TPSA) is 125 Å². The van der Waals surface area contributed by atoms with Gasteiger partial charge < -0.3 is 33.0 Å². The molecule has 5 aromatic rings. The zero-order chi connectivity index (χ0) is 38.4. The highest BCUT2D eigenvalue weighted by atomic mass is 16.7. The molecule has 2 aliphatic carbocycles. The molecule has 0 bridgehead atoms. The number of rotatable bonds is 14. The molecule has 286 valence electrons. The maximum Gasteiger partial charge on any atom is 0.496 e. The van der Waals surface area contributed by atoms with Crippen molar-refractivity contribution in [2.45, 2.75) is 71.5 Å². The van der Waals surface area contributed by atoms with Gasteiger partial charge in [0.15, 0.2) is 0 Å². The van der Waals surface area contributed by atoms with Crippen LogP contribution in [-0.4, -0.2) is 63.9 Å². The van der Waals surface area contributed by atoms with Crippen molar-refractivity contribution in [2.75, 3.05) is 19.8 Å². The number of nitrogens with zero attached hydrogens (tertiary/aromatic N) is 4. The van der Waals surface area contributed by atoms with E-state index >= 15 is 0 Å². The summed E-state index contributed by atoms with van der Waals surface area (Å²) in [6, 6.07) is 22.5. The lowest BCUT2D eigenvalue weighted by atomic mass is 9.80. The molecule has 2 aromatic carbocycles. The molecule has 0 N–H and O–H groups in total. The molecule has 0 radical (unpaired) electrons. The lowest BCUT2D eigenvalue weighted by Gasteiger charge is -2.32. The van der Waals surface area contributed by atoms with Crippen molar-refractivity contribution in [3.8, 4) is 40.4 Å². The van der Waals surface area contributed by atoms with Gasteiger partial charge in [-0.15, -0.1) is 0 Å². The Balaban J connectivity index is 0.000000169. The third-order valence-electron chi connectivity index (χ3n) is 9.78. The number of carbonyl (C=O) groups is 1. The zero-order valence-corrected chi connectivity index (χ0v) is 32.0. The van der Waals surface area contributed by atoms with Crippen molar-refractivity contribution in [3.63, 3.8) is 0 Å². The quantitative estimate of drug-likeness (QED) is 0.0811. The van der Waals surface area contributed by atoms with Gasteiger partial charge in [-0.25, -0.2) is 19.4 Å². The van der Waals surface area contributed by atoms with Crippen molar-refractivity contribution >= 4 is 18.6 Å². The molecule has 55 heavy (non-hydrogen) atoms. The van der Waals surface area contributed by atoms with Crippen molar-refractivity contribution < 1.29 is 37.8 Å². The van der Waals surface area contributed by atoms with Crippen LogP contribution in [0.2, 0.25) is 0 Å². The summed E-state index contributed by atoms with van der Waals surface area (Å²) < 4.78 is 41.9. The van der Waals surface area contributed by atoms with E-state index in [1.54, 1.807) is 36.3 Å². The average molecular weight is 747 g/mol. The fourth-order valence-corrected chi connectivity index (χ4v) is 5.42. The number of hydrogen-bond acceptors (Lipinski definition) is 11. The van der Waals surface area contributed by atoms with E-state index in [-0.39, 0.29) is 11.2 Å². The second-order valence-corrected chi connectivity index (χ2v) is 14.9. The second kappa shape index (κ2) is 16.5. The smallest absolute Gasteiger partial charge is 0.493 e. The van der Waals surface area contributed by atoms with Crippen LogP contribution in [-0.2, 0) is 14.0 Å². The minimum atomic E-state index is -0.421. The van der Waals surface area contributed by atoms with Gasteiger partial charge >= 0.3 is 13.1 Å². The first-order valence-corrected chi connectivity index (χ1v) is 18.8. The Kier molecular flexibility index (Phi) is 11.4. The van der Waals surface area contributed by atoms with Gasteiger partial charge in [-0.1, -0.05) is 18.2 Å². The maximum atomic E-state index is 11.7. The van der Waals surface area contributed by atoms with Crippen molar-refractivity contribution in [1.82, 2.24) is 19.7 Å². The van der Waals surface area contributed by atoms with Crippen LogP contribution in [0.15, 0.2) is 97.6 Å². The van der Waals surface area contributed by atoms with E-state index in [9.17, 15) is 4.79 Å². The molecule has 0 amide bonds.